The molecule has 1 aromatic rings. The van der Waals surface area contributed by atoms with Gasteiger partial charge in [-0.05, 0) is 12.1 Å². The maximum atomic E-state index is 11.1. The number of hydrogen-bond acceptors (Lipinski definition) is 4. The summed E-state index contributed by atoms with van der Waals surface area (Å²) in [5.41, 5.74) is -0.616. The van der Waals surface area contributed by atoms with Gasteiger partial charge in [-0.1, -0.05) is 6.92 Å². The molecule has 0 bridgehead atoms. The Morgan fingerprint density at radius 2 is 2.23 bits per heavy atom. The van der Waals surface area contributed by atoms with Crippen molar-refractivity contribution in [2.75, 3.05) is 0 Å². The van der Waals surface area contributed by atoms with E-state index in [2.05, 4.69) is 4.74 Å². The lowest BCUT2D eigenvalue weighted by molar-refractivity contribution is -0.132. The van der Waals surface area contributed by atoms with E-state index in [1.54, 1.807) is 6.07 Å². The van der Waals surface area contributed by atoms with Gasteiger partial charge in [0.05, 0.1) is 0 Å². The third-order valence-electron chi connectivity index (χ3n) is 1.45. The molecule has 4 nitrogen and oxygen atoms in total. The van der Waals surface area contributed by atoms with Gasteiger partial charge in [-0.2, -0.15) is 0 Å². The van der Waals surface area contributed by atoms with Gasteiger partial charge in [0.1, 0.15) is 5.76 Å². The Balaban J connectivity index is 2.99. The van der Waals surface area contributed by atoms with E-state index in [9.17, 15) is 9.59 Å². The number of esters is 1. The number of hydrogen-bond donors (Lipinski definition) is 0. The van der Waals surface area contributed by atoms with Gasteiger partial charge in [0.25, 0.3) is 0 Å². The number of carbonyl (C=O) groups excluding carboxylic acids is 1. The molecule has 0 spiro atoms. The molecule has 13 heavy (non-hydrogen) atoms. The lowest BCUT2D eigenvalue weighted by Crippen LogP contribution is -2.11. The quantitative estimate of drug-likeness (QED) is 0.643. The average molecular weight is 182 g/mol. The van der Waals surface area contributed by atoms with Gasteiger partial charge in [-0.25, -0.2) is 4.79 Å². The van der Waals surface area contributed by atoms with E-state index in [1.165, 1.54) is 13.0 Å². The first-order chi connectivity index (χ1) is 6.13. The van der Waals surface area contributed by atoms with E-state index in [0.29, 0.717) is 12.2 Å². The average Bonchev–Trinajstić information content (AvgIpc) is 2.08. The minimum absolute atomic E-state index is 0.0651. The molecule has 0 radical (unpaired) electrons. The monoisotopic (exact) mass is 182 g/mol. The fourth-order valence-corrected chi connectivity index (χ4v) is 0.861. The van der Waals surface area contributed by atoms with E-state index in [0.717, 1.165) is 0 Å². The Hall–Kier alpha value is -1.58. The largest absolute Gasteiger partial charge is 0.425 e. The second kappa shape index (κ2) is 3.89. The van der Waals surface area contributed by atoms with E-state index >= 15 is 0 Å². The molecule has 1 heterocycles. The molecule has 0 saturated heterocycles. The minimum Gasteiger partial charge on any atom is -0.425 e. The summed E-state index contributed by atoms with van der Waals surface area (Å²) in [7, 11) is 0. The van der Waals surface area contributed by atoms with Gasteiger partial charge in [0, 0.05) is 13.3 Å². The summed E-state index contributed by atoms with van der Waals surface area (Å²) in [5, 5.41) is 0. The van der Waals surface area contributed by atoms with Crippen molar-refractivity contribution in [3.8, 4) is 5.75 Å². The van der Waals surface area contributed by atoms with E-state index in [-0.39, 0.29) is 5.75 Å². The Bertz CT molecular complexity index is 364. The van der Waals surface area contributed by atoms with Crippen LogP contribution in [0.2, 0.25) is 0 Å². The molecule has 0 unspecified atom stereocenters. The van der Waals surface area contributed by atoms with Crippen molar-refractivity contribution >= 4 is 5.97 Å². The molecule has 70 valence electrons. The van der Waals surface area contributed by atoms with Crippen LogP contribution in [0, 0.1) is 0 Å². The Morgan fingerprint density at radius 3 is 2.69 bits per heavy atom. The first-order valence-corrected chi connectivity index (χ1v) is 3.95. The predicted molar refractivity (Wildman–Crippen MR) is 45.7 cm³/mol. The van der Waals surface area contributed by atoms with Crippen LogP contribution >= 0.6 is 0 Å². The maximum absolute atomic E-state index is 11.1. The summed E-state index contributed by atoms with van der Waals surface area (Å²) in [6.45, 7) is 3.09. The minimum atomic E-state index is -0.616. The molecule has 1 aromatic heterocycles. The van der Waals surface area contributed by atoms with E-state index < -0.39 is 11.6 Å². The first kappa shape index (κ1) is 9.51. The standard InChI is InChI=1S/C9H10O4/c1-3-7-4-5-8(9(11)13-7)12-6(2)10/h4-5H,3H2,1-2H3. The van der Waals surface area contributed by atoms with Gasteiger partial charge < -0.3 is 9.15 Å². The maximum Gasteiger partial charge on any atom is 0.379 e. The molecule has 0 atom stereocenters. The third kappa shape index (κ3) is 2.43. The Kier molecular flexibility index (Phi) is 2.84. The van der Waals surface area contributed by atoms with Crippen LogP contribution in [-0.4, -0.2) is 5.97 Å². The van der Waals surface area contributed by atoms with E-state index in [4.69, 9.17) is 4.42 Å². The highest BCUT2D eigenvalue weighted by Gasteiger charge is 2.05. The highest BCUT2D eigenvalue weighted by molar-refractivity contribution is 5.68. The topological polar surface area (TPSA) is 56.5 Å². The summed E-state index contributed by atoms with van der Waals surface area (Å²) in [4.78, 5) is 21.6. The smallest absolute Gasteiger partial charge is 0.379 e. The third-order valence-corrected chi connectivity index (χ3v) is 1.45. The highest BCUT2D eigenvalue weighted by atomic mass is 16.5. The van der Waals surface area contributed by atoms with Gasteiger partial charge in [0.15, 0.2) is 0 Å². The van der Waals surface area contributed by atoms with Crippen molar-refractivity contribution < 1.29 is 13.9 Å². The van der Waals surface area contributed by atoms with Gasteiger partial charge in [-0.15, -0.1) is 0 Å². The summed E-state index contributed by atoms with van der Waals surface area (Å²) in [5.74, 6) is -0.0258. The van der Waals surface area contributed by atoms with Gasteiger partial charge in [-0.3, -0.25) is 4.79 Å². The van der Waals surface area contributed by atoms with Crippen molar-refractivity contribution in [2.24, 2.45) is 0 Å². The van der Waals surface area contributed by atoms with Crippen LogP contribution in [-0.2, 0) is 11.2 Å². The fraction of sp³-hybridized carbons (Fsp3) is 0.333. The zero-order valence-corrected chi connectivity index (χ0v) is 7.49. The van der Waals surface area contributed by atoms with Crippen LogP contribution < -0.4 is 10.4 Å². The van der Waals surface area contributed by atoms with Gasteiger partial charge in [0.2, 0.25) is 5.75 Å². The molecule has 0 N–H and O–H groups in total. The summed E-state index contributed by atoms with van der Waals surface area (Å²) in [6, 6.07) is 3.05. The highest BCUT2D eigenvalue weighted by Crippen LogP contribution is 2.06. The molecule has 0 amide bonds. The van der Waals surface area contributed by atoms with Crippen LogP contribution in [0.15, 0.2) is 21.3 Å². The molecule has 0 aliphatic rings. The molecule has 0 aliphatic carbocycles. The van der Waals surface area contributed by atoms with Crippen LogP contribution in [0.3, 0.4) is 0 Å². The molecule has 0 aromatic carbocycles. The molecular formula is C9H10O4. The van der Waals surface area contributed by atoms with Crippen molar-refractivity contribution in [3.63, 3.8) is 0 Å². The summed E-state index contributed by atoms with van der Waals surface area (Å²) in [6.07, 6.45) is 0.635. The van der Waals surface area contributed by atoms with Crippen molar-refractivity contribution in [3.05, 3.63) is 28.3 Å². The second-order valence-electron chi connectivity index (χ2n) is 2.50. The lowest BCUT2D eigenvalue weighted by Gasteiger charge is -1.99. The van der Waals surface area contributed by atoms with Gasteiger partial charge >= 0.3 is 11.6 Å². The molecule has 0 fully saturated rings. The number of rotatable bonds is 2. The van der Waals surface area contributed by atoms with Crippen molar-refractivity contribution in [1.82, 2.24) is 0 Å². The lowest BCUT2D eigenvalue weighted by atomic mass is 10.3. The molecule has 0 aliphatic heterocycles. The number of ether oxygens (including phenoxy) is 1. The molecule has 4 heteroatoms. The van der Waals surface area contributed by atoms with Crippen LogP contribution in [0.1, 0.15) is 19.6 Å². The van der Waals surface area contributed by atoms with E-state index in [1.807, 2.05) is 6.92 Å². The molecular weight excluding hydrogens is 172 g/mol. The summed E-state index contributed by atoms with van der Waals surface area (Å²) >= 11 is 0. The van der Waals surface area contributed by atoms with Crippen LogP contribution in [0.25, 0.3) is 0 Å². The number of aryl methyl sites for hydroxylation is 1. The van der Waals surface area contributed by atoms with Crippen molar-refractivity contribution in [2.45, 2.75) is 20.3 Å². The Morgan fingerprint density at radius 1 is 1.54 bits per heavy atom. The fourth-order valence-electron chi connectivity index (χ4n) is 0.861. The number of carbonyl (C=O) groups is 1. The normalized spacial score (nSPS) is 9.69. The first-order valence-electron chi connectivity index (χ1n) is 3.95. The molecule has 0 saturated carbocycles. The van der Waals surface area contributed by atoms with Crippen molar-refractivity contribution in [1.29, 1.82) is 0 Å². The SMILES string of the molecule is CCc1ccc(OC(C)=O)c(=O)o1. The van der Waals surface area contributed by atoms with Crippen LogP contribution in [0.5, 0.6) is 5.75 Å². The Labute approximate surface area is 75.1 Å². The molecule has 1 rings (SSSR count). The zero-order chi connectivity index (χ0) is 9.84. The summed E-state index contributed by atoms with van der Waals surface area (Å²) < 4.78 is 9.42. The second-order valence-corrected chi connectivity index (χ2v) is 2.50. The zero-order valence-electron chi connectivity index (χ0n) is 7.49. The van der Waals surface area contributed by atoms with Crippen LogP contribution in [0.4, 0.5) is 0 Å². The predicted octanol–water partition coefficient (Wildman–Crippen LogP) is 1.13.